The molecule has 3 aromatic carbocycles. The molecular formula is C29H26BrN3O5. The summed E-state index contributed by atoms with van der Waals surface area (Å²) in [5.74, 6) is 0.616. The number of carboxylic acid groups (broad SMARTS) is 1. The summed E-state index contributed by atoms with van der Waals surface area (Å²) in [5.41, 5.74) is 2.93. The zero-order valence-corrected chi connectivity index (χ0v) is 22.6. The van der Waals surface area contributed by atoms with E-state index in [1.54, 1.807) is 49.7 Å². The maximum absolute atomic E-state index is 13.2. The van der Waals surface area contributed by atoms with Gasteiger partial charge in [-0.15, -0.1) is 6.58 Å². The number of ether oxygens (including phenoxy) is 2. The lowest BCUT2D eigenvalue weighted by Crippen LogP contribution is -2.22. The van der Waals surface area contributed by atoms with Gasteiger partial charge >= 0.3 is 5.97 Å². The summed E-state index contributed by atoms with van der Waals surface area (Å²) in [5, 5.41) is 14.1. The minimum absolute atomic E-state index is 0.210. The third-order valence-electron chi connectivity index (χ3n) is 5.84. The van der Waals surface area contributed by atoms with Crippen LogP contribution in [-0.4, -0.2) is 34.1 Å². The number of halogens is 1. The molecule has 0 saturated heterocycles. The van der Waals surface area contributed by atoms with Crippen LogP contribution < -0.4 is 15.0 Å². The Morgan fingerprint density at radius 2 is 1.95 bits per heavy atom. The van der Waals surface area contributed by atoms with Crippen LogP contribution in [0.1, 0.15) is 39.8 Å². The van der Waals surface area contributed by atoms with Crippen LogP contribution in [0.25, 0.3) is 10.9 Å². The van der Waals surface area contributed by atoms with Gasteiger partial charge in [-0.3, -0.25) is 4.79 Å². The maximum atomic E-state index is 13.2. The SMILES string of the molecule is C=CCc1cc(C=Nn2c(CC)nc3ccc(Br)cc3c2=O)cc(OC)c1OCc1ccc(C(=O)O)cc1. The standard InChI is InChI=1S/C29H26BrN3O5/c1-4-6-21-13-19(14-25(37-3)27(21)38-17-18-7-9-20(10-8-18)29(35)36)16-31-33-26(5-2)32-24-12-11-22(30)15-23(24)28(33)34/h4,7-16H,1,5-6,17H2,2-3H3,(H,35,36). The normalized spacial score (nSPS) is 11.1. The van der Waals surface area contributed by atoms with Crippen molar-refractivity contribution in [2.45, 2.75) is 26.4 Å². The van der Waals surface area contributed by atoms with E-state index >= 15 is 0 Å². The molecule has 4 rings (SSSR count). The van der Waals surface area contributed by atoms with Crippen molar-refractivity contribution in [1.82, 2.24) is 9.66 Å². The average Bonchev–Trinajstić information content (AvgIpc) is 2.92. The molecule has 9 heteroatoms. The summed E-state index contributed by atoms with van der Waals surface area (Å²) in [4.78, 5) is 28.9. The summed E-state index contributed by atoms with van der Waals surface area (Å²) in [6.45, 7) is 5.99. The van der Waals surface area contributed by atoms with E-state index in [0.29, 0.717) is 46.6 Å². The summed E-state index contributed by atoms with van der Waals surface area (Å²) in [7, 11) is 1.55. The molecule has 0 saturated carbocycles. The summed E-state index contributed by atoms with van der Waals surface area (Å²) in [6.07, 6.45) is 4.39. The van der Waals surface area contributed by atoms with E-state index in [0.717, 1.165) is 15.6 Å². The topological polar surface area (TPSA) is 103 Å². The van der Waals surface area contributed by atoms with Crippen LogP contribution in [-0.2, 0) is 19.4 Å². The van der Waals surface area contributed by atoms with Crippen LogP contribution in [0.15, 0.2) is 81.6 Å². The Bertz CT molecular complexity index is 1590. The number of hydrogen-bond donors (Lipinski definition) is 1. The molecule has 194 valence electrons. The molecule has 0 amide bonds. The van der Waals surface area contributed by atoms with E-state index in [-0.39, 0.29) is 17.7 Å². The number of carboxylic acids is 1. The monoisotopic (exact) mass is 575 g/mol. The lowest BCUT2D eigenvalue weighted by molar-refractivity contribution is 0.0697. The number of carbonyl (C=O) groups is 1. The van der Waals surface area contributed by atoms with Gasteiger partial charge in [0.2, 0.25) is 0 Å². The number of hydrogen-bond acceptors (Lipinski definition) is 6. The highest BCUT2D eigenvalue weighted by molar-refractivity contribution is 9.10. The fourth-order valence-electron chi connectivity index (χ4n) is 3.95. The van der Waals surface area contributed by atoms with Crippen molar-refractivity contribution in [1.29, 1.82) is 0 Å². The number of aromatic nitrogens is 2. The number of methoxy groups -OCH3 is 1. The molecule has 1 aromatic heterocycles. The van der Waals surface area contributed by atoms with Gasteiger partial charge in [0.15, 0.2) is 11.5 Å². The lowest BCUT2D eigenvalue weighted by Gasteiger charge is -2.16. The summed E-state index contributed by atoms with van der Waals surface area (Å²) >= 11 is 3.41. The Morgan fingerprint density at radius 3 is 2.61 bits per heavy atom. The predicted molar refractivity (Wildman–Crippen MR) is 151 cm³/mol. The van der Waals surface area contributed by atoms with Crippen molar-refractivity contribution in [3.63, 3.8) is 0 Å². The molecule has 0 radical (unpaired) electrons. The second kappa shape index (κ2) is 11.9. The van der Waals surface area contributed by atoms with Gasteiger partial charge < -0.3 is 14.6 Å². The third-order valence-corrected chi connectivity index (χ3v) is 6.33. The van der Waals surface area contributed by atoms with Crippen LogP contribution in [0.3, 0.4) is 0 Å². The van der Waals surface area contributed by atoms with E-state index in [2.05, 4.69) is 32.6 Å². The first-order valence-electron chi connectivity index (χ1n) is 11.9. The molecule has 1 N–H and O–H groups in total. The quantitative estimate of drug-likeness (QED) is 0.194. The van der Waals surface area contributed by atoms with E-state index in [1.807, 2.05) is 19.1 Å². The first-order valence-corrected chi connectivity index (χ1v) is 12.7. The molecule has 38 heavy (non-hydrogen) atoms. The van der Waals surface area contributed by atoms with Gasteiger partial charge in [-0.05, 0) is 60.0 Å². The second-order valence-electron chi connectivity index (χ2n) is 8.40. The van der Waals surface area contributed by atoms with Crippen molar-refractivity contribution in [2.75, 3.05) is 7.11 Å². The van der Waals surface area contributed by atoms with Crippen molar-refractivity contribution in [2.24, 2.45) is 5.10 Å². The van der Waals surface area contributed by atoms with Crippen LogP contribution in [0, 0.1) is 0 Å². The Hall–Kier alpha value is -4.24. The molecule has 1 heterocycles. The number of aryl methyl sites for hydroxylation is 1. The molecule has 0 atom stereocenters. The van der Waals surface area contributed by atoms with Gasteiger partial charge in [0, 0.05) is 16.5 Å². The number of benzene rings is 3. The summed E-state index contributed by atoms with van der Waals surface area (Å²) in [6, 6.07) is 15.6. The average molecular weight is 576 g/mol. The second-order valence-corrected chi connectivity index (χ2v) is 9.32. The number of aromatic carboxylic acids is 1. The van der Waals surface area contributed by atoms with Gasteiger partial charge in [-0.1, -0.05) is 41.1 Å². The molecule has 0 unspecified atom stereocenters. The Kier molecular flexibility index (Phi) is 8.38. The zero-order valence-electron chi connectivity index (χ0n) is 21.0. The van der Waals surface area contributed by atoms with Gasteiger partial charge in [-0.25, -0.2) is 9.78 Å². The molecule has 0 aliphatic carbocycles. The van der Waals surface area contributed by atoms with Gasteiger partial charge in [0.05, 0.1) is 29.8 Å². The molecule has 0 bridgehead atoms. The largest absolute Gasteiger partial charge is 0.493 e. The number of rotatable bonds is 10. The highest BCUT2D eigenvalue weighted by Crippen LogP contribution is 2.34. The molecule has 0 aliphatic rings. The summed E-state index contributed by atoms with van der Waals surface area (Å²) < 4.78 is 13.8. The number of nitrogens with zero attached hydrogens (tertiary/aromatic N) is 3. The Morgan fingerprint density at radius 1 is 1.18 bits per heavy atom. The van der Waals surface area contributed by atoms with Gasteiger partial charge in [-0.2, -0.15) is 9.78 Å². The molecule has 0 aliphatic heterocycles. The lowest BCUT2D eigenvalue weighted by atomic mass is 10.1. The predicted octanol–water partition coefficient (Wildman–Crippen LogP) is 5.62. The highest BCUT2D eigenvalue weighted by Gasteiger charge is 2.14. The molecular weight excluding hydrogens is 550 g/mol. The van der Waals surface area contributed by atoms with E-state index in [1.165, 1.54) is 16.8 Å². The Labute approximate surface area is 228 Å². The van der Waals surface area contributed by atoms with Crippen LogP contribution in [0.2, 0.25) is 0 Å². The highest BCUT2D eigenvalue weighted by atomic mass is 79.9. The maximum Gasteiger partial charge on any atom is 0.335 e. The van der Waals surface area contributed by atoms with E-state index in [9.17, 15) is 9.59 Å². The van der Waals surface area contributed by atoms with Crippen molar-refractivity contribution in [3.8, 4) is 11.5 Å². The third kappa shape index (κ3) is 5.84. The van der Waals surface area contributed by atoms with Gasteiger partial charge in [0.25, 0.3) is 5.56 Å². The number of allylic oxidation sites excluding steroid dienone is 1. The molecule has 0 spiro atoms. The first kappa shape index (κ1) is 26.8. The molecule has 4 aromatic rings. The van der Waals surface area contributed by atoms with Crippen LogP contribution in [0.5, 0.6) is 11.5 Å². The van der Waals surface area contributed by atoms with Crippen LogP contribution >= 0.6 is 15.9 Å². The fourth-order valence-corrected chi connectivity index (χ4v) is 4.31. The van der Waals surface area contributed by atoms with Crippen LogP contribution in [0.4, 0.5) is 0 Å². The van der Waals surface area contributed by atoms with Crippen molar-refractivity contribution < 1.29 is 19.4 Å². The zero-order chi connectivity index (χ0) is 27.2. The van der Waals surface area contributed by atoms with Crippen molar-refractivity contribution >= 4 is 39.0 Å². The van der Waals surface area contributed by atoms with Gasteiger partial charge in [0.1, 0.15) is 12.4 Å². The molecule has 0 fully saturated rings. The smallest absolute Gasteiger partial charge is 0.335 e. The fraction of sp³-hybridized carbons (Fsp3) is 0.172. The molecule has 8 nitrogen and oxygen atoms in total. The minimum atomic E-state index is -0.981. The number of fused-ring (bicyclic) bond motifs is 1. The first-order chi connectivity index (χ1) is 18.3. The minimum Gasteiger partial charge on any atom is -0.493 e. The van der Waals surface area contributed by atoms with E-state index in [4.69, 9.17) is 14.6 Å². The van der Waals surface area contributed by atoms with Crippen molar-refractivity contribution in [3.05, 3.63) is 110 Å². The Balaban J connectivity index is 1.68. The van der Waals surface area contributed by atoms with E-state index < -0.39 is 5.97 Å².